The molecule has 0 radical (unpaired) electrons. The molecule has 1 aliphatic rings. The van der Waals surface area contributed by atoms with E-state index in [2.05, 4.69) is 10.6 Å². The molecule has 5 nitrogen and oxygen atoms in total. The summed E-state index contributed by atoms with van der Waals surface area (Å²) in [5, 5.41) is 5.48. The van der Waals surface area contributed by atoms with Gasteiger partial charge >= 0.3 is 6.03 Å². The number of urea groups is 1. The monoisotopic (exact) mass is 255 g/mol. The summed E-state index contributed by atoms with van der Waals surface area (Å²) in [6.07, 6.45) is 2.10. The summed E-state index contributed by atoms with van der Waals surface area (Å²) in [4.78, 5) is 25.7. The van der Waals surface area contributed by atoms with E-state index in [0.29, 0.717) is 0 Å². The van der Waals surface area contributed by atoms with Gasteiger partial charge in [-0.1, -0.05) is 0 Å². The topological polar surface area (TPSA) is 61.4 Å². The van der Waals surface area contributed by atoms with Crippen molar-refractivity contribution in [3.63, 3.8) is 0 Å². The van der Waals surface area contributed by atoms with Crippen molar-refractivity contribution in [1.82, 2.24) is 15.5 Å². The highest BCUT2D eigenvalue weighted by atomic mass is 16.2. The summed E-state index contributed by atoms with van der Waals surface area (Å²) >= 11 is 0. The zero-order valence-corrected chi connectivity index (χ0v) is 12.0. The molecule has 0 aromatic carbocycles. The molecule has 0 aliphatic carbocycles. The largest absolute Gasteiger partial charge is 0.338 e. The van der Waals surface area contributed by atoms with Crippen LogP contribution in [-0.4, -0.2) is 41.0 Å². The quantitative estimate of drug-likeness (QED) is 0.785. The maximum atomic E-state index is 12.1. The van der Waals surface area contributed by atoms with Crippen molar-refractivity contribution in [2.45, 2.75) is 65.1 Å². The molecule has 1 heterocycles. The first-order valence-corrected chi connectivity index (χ1v) is 6.60. The average molecular weight is 255 g/mol. The molecule has 2 unspecified atom stereocenters. The second kappa shape index (κ2) is 5.59. The predicted octanol–water partition coefficient (Wildman–Crippen LogP) is 1.48. The molecular formula is C13H25N3O2. The lowest BCUT2D eigenvalue weighted by molar-refractivity contribution is -0.133. The Labute approximate surface area is 109 Å². The summed E-state index contributed by atoms with van der Waals surface area (Å²) in [5.74, 6) is 0.00376. The van der Waals surface area contributed by atoms with E-state index in [1.54, 1.807) is 6.92 Å². The second-order valence-electron chi connectivity index (χ2n) is 6.09. The number of nitrogens with zero attached hydrogens (tertiary/aromatic N) is 1. The van der Waals surface area contributed by atoms with Gasteiger partial charge in [0.2, 0.25) is 5.91 Å². The van der Waals surface area contributed by atoms with Crippen LogP contribution in [0.1, 0.15) is 47.5 Å². The summed E-state index contributed by atoms with van der Waals surface area (Å²) < 4.78 is 0. The number of hydrogen-bond acceptors (Lipinski definition) is 2. The second-order valence-corrected chi connectivity index (χ2v) is 6.09. The number of nitrogens with one attached hydrogen (secondary N) is 2. The van der Waals surface area contributed by atoms with Crippen molar-refractivity contribution >= 4 is 11.9 Å². The first-order chi connectivity index (χ1) is 8.20. The van der Waals surface area contributed by atoms with Crippen molar-refractivity contribution in [3.05, 3.63) is 0 Å². The van der Waals surface area contributed by atoms with Gasteiger partial charge in [-0.25, -0.2) is 4.79 Å². The number of likely N-dealkylation sites (tertiary alicyclic amines) is 1. The molecule has 104 valence electrons. The molecule has 1 aliphatic heterocycles. The number of hydrogen-bond donors (Lipinski definition) is 2. The molecule has 0 saturated carbocycles. The van der Waals surface area contributed by atoms with Crippen LogP contribution in [0.2, 0.25) is 0 Å². The van der Waals surface area contributed by atoms with Gasteiger partial charge in [0.05, 0.1) is 0 Å². The molecule has 18 heavy (non-hydrogen) atoms. The Balaban J connectivity index is 2.47. The lowest BCUT2D eigenvalue weighted by Gasteiger charge is -2.27. The van der Waals surface area contributed by atoms with Crippen LogP contribution in [0.25, 0.3) is 0 Å². The third-order valence-corrected chi connectivity index (χ3v) is 3.04. The maximum absolute atomic E-state index is 12.1. The highest BCUT2D eigenvalue weighted by Crippen LogP contribution is 2.17. The minimum absolute atomic E-state index is 0.00376. The highest BCUT2D eigenvalue weighted by molar-refractivity contribution is 5.87. The van der Waals surface area contributed by atoms with Crippen LogP contribution in [-0.2, 0) is 4.79 Å². The zero-order chi connectivity index (χ0) is 13.9. The van der Waals surface area contributed by atoms with Gasteiger partial charge in [0, 0.05) is 18.1 Å². The normalized spacial score (nSPS) is 21.6. The van der Waals surface area contributed by atoms with Crippen LogP contribution in [0.5, 0.6) is 0 Å². The first kappa shape index (κ1) is 14.8. The van der Waals surface area contributed by atoms with E-state index in [0.717, 1.165) is 19.4 Å². The van der Waals surface area contributed by atoms with E-state index in [9.17, 15) is 9.59 Å². The number of rotatable bonds is 2. The van der Waals surface area contributed by atoms with Crippen LogP contribution < -0.4 is 10.6 Å². The Bertz CT molecular complexity index is 323. The Morgan fingerprint density at radius 2 is 1.94 bits per heavy atom. The molecule has 2 N–H and O–H groups in total. The van der Waals surface area contributed by atoms with Crippen molar-refractivity contribution in [1.29, 1.82) is 0 Å². The fourth-order valence-corrected chi connectivity index (χ4v) is 2.14. The summed E-state index contributed by atoms with van der Waals surface area (Å²) in [7, 11) is 0. The lowest BCUT2D eigenvalue weighted by Crippen LogP contribution is -2.53. The smallest absolute Gasteiger partial charge is 0.315 e. The van der Waals surface area contributed by atoms with Crippen molar-refractivity contribution < 1.29 is 9.59 Å². The Kier molecular flexibility index (Phi) is 4.59. The van der Waals surface area contributed by atoms with E-state index in [1.165, 1.54) is 0 Å². The van der Waals surface area contributed by atoms with Crippen molar-refractivity contribution in [2.24, 2.45) is 0 Å². The fraction of sp³-hybridized carbons (Fsp3) is 0.846. The molecule has 0 aromatic heterocycles. The Morgan fingerprint density at radius 1 is 1.33 bits per heavy atom. The predicted molar refractivity (Wildman–Crippen MR) is 71.3 cm³/mol. The third kappa shape index (κ3) is 4.20. The molecule has 5 heteroatoms. The average Bonchev–Trinajstić information content (AvgIpc) is 2.60. The molecule has 1 fully saturated rings. The molecular weight excluding hydrogens is 230 g/mol. The van der Waals surface area contributed by atoms with Crippen molar-refractivity contribution in [3.8, 4) is 0 Å². The highest BCUT2D eigenvalue weighted by Gasteiger charge is 2.29. The zero-order valence-electron chi connectivity index (χ0n) is 12.0. The molecule has 1 rings (SSSR count). The molecule has 0 bridgehead atoms. The van der Waals surface area contributed by atoms with Gasteiger partial charge in [0.25, 0.3) is 0 Å². The Morgan fingerprint density at radius 3 is 2.39 bits per heavy atom. The van der Waals surface area contributed by atoms with Crippen LogP contribution in [0, 0.1) is 0 Å². The molecule has 0 spiro atoms. The minimum atomic E-state index is -0.479. The van der Waals surface area contributed by atoms with E-state index < -0.39 is 6.04 Å². The maximum Gasteiger partial charge on any atom is 0.315 e. The minimum Gasteiger partial charge on any atom is -0.338 e. The van der Waals surface area contributed by atoms with Crippen LogP contribution in [0.15, 0.2) is 0 Å². The van der Waals surface area contributed by atoms with Gasteiger partial charge in [0.1, 0.15) is 6.04 Å². The lowest BCUT2D eigenvalue weighted by atomic mass is 10.1. The van der Waals surface area contributed by atoms with Crippen LogP contribution in [0.4, 0.5) is 4.79 Å². The van der Waals surface area contributed by atoms with Gasteiger partial charge in [0.15, 0.2) is 0 Å². The van der Waals surface area contributed by atoms with E-state index in [1.807, 2.05) is 32.6 Å². The summed E-state index contributed by atoms with van der Waals surface area (Å²) in [6.45, 7) is 10.3. The van der Waals surface area contributed by atoms with Crippen LogP contribution >= 0.6 is 0 Å². The van der Waals surface area contributed by atoms with Gasteiger partial charge in [-0.2, -0.15) is 0 Å². The van der Waals surface area contributed by atoms with Crippen LogP contribution in [0.3, 0.4) is 0 Å². The number of amides is 3. The van der Waals surface area contributed by atoms with E-state index >= 15 is 0 Å². The first-order valence-electron chi connectivity index (χ1n) is 6.60. The fourth-order valence-electron chi connectivity index (χ4n) is 2.14. The van der Waals surface area contributed by atoms with Gasteiger partial charge in [-0.15, -0.1) is 0 Å². The summed E-state index contributed by atoms with van der Waals surface area (Å²) in [6, 6.07) is -0.490. The van der Waals surface area contributed by atoms with Crippen molar-refractivity contribution in [2.75, 3.05) is 6.54 Å². The third-order valence-electron chi connectivity index (χ3n) is 3.04. The molecule has 0 aromatic rings. The molecule has 1 saturated heterocycles. The van der Waals surface area contributed by atoms with E-state index in [-0.39, 0.29) is 23.5 Å². The number of carbonyl (C=O) groups is 2. The summed E-state index contributed by atoms with van der Waals surface area (Å²) in [5.41, 5.74) is -0.298. The standard InChI is InChI=1S/C13H25N3O2/c1-9-7-6-8-16(9)11(17)10(2)14-12(18)15-13(3,4)5/h9-10H,6-8H2,1-5H3,(H2,14,15,18). The van der Waals surface area contributed by atoms with Gasteiger partial charge < -0.3 is 15.5 Å². The Hall–Kier alpha value is -1.26. The number of carbonyl (C=O) groups excluding carboxylic acids is 2. The molecule has 3 amide bonds. The van der Waals surface area contributed by atoms with Gasteiger partial charge in [-0.3, -0.25) is 4.79 Å². The van der Waals surface area contributed by atoms with Gasteiger partial charge in [-0.05, 0) is 47.5 Å². The SMILES string of the molecule is CC(NC(=O)NC(C)(C)C)C(=O)N1CCCC1C. The van der Waals surface area contributed by atoms with E-state index in [4.69, 9.17) is 0 Å². The molecule has 2 atom stereocenters.